The molecule has 4 heteroatoms. The molecule has 0 spiro atoms. The largest absolute Gasteiger partial charge is 0.264 e. The Labute approximate surface area is 82.9 Å². The summed E-state index contributed by atoms with van der Waals surface area (Å²) in [6, 6.07) is 2.21. The van der Waals surface area contributed by atoms with Crippen molar-refractivity contribution in [3.05, 3.63) is 16.4 Å². The van der Waals surface area contributed by atoms with Crippen LogP contribution in [0.2, 0.25) is 5.02 Å². The van der Waals surface area contributed by atoms with Crippen molar-refractivity contribution in [3.63, 3.8) is 0 Å². The standard InChI is InChI=1S/C9H12ClN3/c1-6(4-5-11)13-8(3)9(10)7(2)12-13/h6H,4H2,1-3H3/t6-/m0/s1. The van der Waals surface area contributed by atoms with E-state index in [4.69, 9.17) is 16.9 Å². The lowest BCUT2D eigenvalue weighted by molar-refractivity contribution is 0.486. The van der Waals surface area contributed by atoms with Gasteiger partial charge in [-0.3, -0.25) is 4.68 Å². The third kappa shape index (κ3) is 1.84. The van der Waals surface area contributed by atoms with Crippen LogP contribution in [0.1, 0.15) is 30.8 Å². The maximum Gasteiger partial charge on any atom is 0.0844 e. The van der Waals surface area contributed by atoms with Gasteiger partial charge in [-0.25, -0.2) is 0 Å². The Morgan fingerprint density at radius 1 is 1.62 bits per heavy atom. The molecular formula is C9H12ClN3. The summed E-state index contributed by atoms with van der Waals surface area (Å²) in [5.41, 5.74) is 1.76. The van der Waals surface area contributed by atoms with Crippen LogP contribution in [0.25, 0.3) is 0 Å². The van der Waals surface area contributed by atoms with E-state index in [9.17, 15) is 0 Å². The first-order chi connectivity index (χ1) is 6.07. The maximum atomic E-state index is 8.54. The van der Waals surface area contributed by atoms with Crippen LogP contribution in [0.4, 0.5) is 0 Å². The van der Waals surface area contributed by atoms with E-state index >= 15 is 0 Å². The van der Waals surface area contributed by atoms with E-state index in [1.54, 1.807) is 4.68 Å². The molecule has 0 fully saturated rings. The van der Waals surface area contributed by atoms with Gasteiger partial charge in [0.1, 0.15) is 0 Å². The van der Waals surface area contributed by atoms with Gasteiger partial charge in [0.25, 0.3) is 0 Å². The van der Waals surface area contributed by atoms with Gasteiger partial charge in [-0.15, -0.1) is 0 Å². The number of hydrogen-bond donors (Lipinski definition) is 0. The van der Waals surface area contributed by atoms with Gasteiger partial charge in [0.2, 0.25) is 0 Å². The zero-order valence-electron chi connectivity index (χ0n) is 8.00. The highest BCUT2D eigenvalue weighted by Gasteiger charge is 2.13. The molecule has 70 valence electrons. The van der Waals surface area contributed by atoms with E-state index in [0.717, 1.165) is 11.4 Å². The molecule has 0 aliphatic carbocycles. The molecular weight excluding hydrogens is 186 g/mol. The molecule has 0 N–H and O–H groups in total. The average molecular weight is 198 g/mol. The lowest BCUT2D eigenvalue weighted by Gasteiger charge is -2.09. The fourth-order valence-corrected chi connectivity index (χ4v) is 1.41. The second-order valence-electron chi connectivity index (χ2n) is 3.14. The molecule has 1 atom stereocenters. The molecule has 0 unspecified atom stereocenters. The van der Waals surface area contributed by atoms with Gasteiger partial charge in [0, 0.05) is 0 Å². The molecule has 0 aliphatic rings. The first-order valence-corrected chi connectivity index (χ1v) is 4.54. The molecule has 0 amide bonds. The van der Waals surface area contributed by atoms with Crippen molar-refractivity contribution in [3.8, 4) is 6.07 Å². The average Bonchev–Trinajstić information content (AvgIpc) is 2.33. The van der Waals surface area contributed by atoms with Crippen molar-refractivity contribution in [2.75, 3.05) is 0 Å². The van der Waals surface area contributed by atoms with Crippen LogP contribution in [-0.2, 0) is 0 Å². The first kappa shape index (κ1) is 10.1. The molecule has 0 saturated heterocycles. The predicted molar refractivity (Wildman–Crippen MR) is 51.7 cm³/mol. The molecule has 3 nitrogen and oxygen atoms in total. The first-order valence-electron chi connectivity index (χ1n) is 4.16. The number of aromatic nitrogens is 2. The van der Waals surface area contributed by atoms with Crippen LogP contribution < -0.4 is 0 Å². The Bertz CT molecular complexity index is 348. The fourth-order valence-electron chi connectivity index (χ4n) is 1.29. The van der Waals surface area contributed by atoms with Gasteiger partial charge in [-0.2, -0.15) is 10.4 Å². The minimum atomic E-state index is 0.0937. The molecule has 1 heterocycles. The van der Waals surface area contributed by atoms with Crippen LogP contribution in [0.3, 0.4) is 0 Å². The summed E-state index contributed by atoms with van der Waals surface area (Å²) >= 11 is 5.98. The zero-order chi connectivity index (χ0) is 10.0. The smallest absolute Gasteiger partial charge is 0.0844 e. The Morgan fingerprint density at radius 3 is 2.62 bits per heavy atom. The van der Waals surface area contributed by atoms with Gasteiger partial charge in [-0.05, 0) is 20.8 Å². The van der Waals surface area contributed by atoms with E-state index in [1.165, 1.54) is 0 Å². The van der Waals surface area contributed by atoms with Gasteiger partial charge >= 0.3 is 0 Å². The van der Waals surface area contributed by atoms with E-state index in [-0.39, 0.29) is 6.04 Å². The lowest BCUT2D eigenvalue weighted by Crippen LogP contribution is -2.08. The molecule has 1 aromatic heterocycles. The minimum Gasteiger partial charge on any atom is -0.264 e. The van der Waals surface area contributed by atoms with Gasteiger partial charge in [0.15, 0.2) is 0 Å². The summed E-state index contributed by atoms with van der Waals surface area (Å²) < 4.78 is 1.81. The van der Waals surface area contributed by atoms with Crippen molar-refractivity contribution in [1.29, 1.82) is 5.26 Å². The van der Waals surface area contributed by atoms with Crippen molar-refractivity contribution >= 4 is 11.6 Å². The molecule has 0 bridgehead atoms. The number of nitrogens with zero attached hydrogens (tertiary/aromatic N) is 3. The highest BCUT2D eigenvalue weighted by Crippen LogP contribution is 2.22. The zero-order valence-corrected chi connectivity index (χ0v) is 8.76. The van der Waals surface area contributed by atoms with Crippen molar-refractivity contribution in [1.82, 2.24) is 9.78 Å². The normalized spacial score (nSPS) is 12.5. The summed E-state index contributed by atoms with van der Waals surface area (Å²) in [6.07, 6.45) is 0.457. The van der Waals surface area contributed by atoms with Gasteiger partial charge in [-0.1, -0.05) is 11.6 Å². The van der Waals surface area contributed by atoms with Crippen molar-refractivity contribution in [2.45, 2.75) is 33.2 Å². The summed E-state index contributed by atoms with van der Waals surface area (Å²) in [5, 5.41) is 13.5. The lowest BCUT2D eigenvalue weighted by atomic mass is 10.2. The predicted octanol–water partition coefficient (Wildman–Crippen LogP) is 2.63. The van der Waals surface area contributed by atoms with Gasteiger partial charge in [0.05, 0.1) is 34.9 Å². The highest BCUT2D eigenvalue weighted by atomic mass is 35.5. The topological polar surface area (TPSA) is 41.6 Å². The second-order valence-corrected chi connectivity index (χ2v) is 3.52. The highest BCUT2D eigenvalue weighted by molar-refractivity contribution is 6.31. The van der Waals surface area contributed by atoms with E-state index in [1.807, 2.05) is 20.8 Å². The molecule has 0 saturated carbocycles. The Balaban J connectivity index is 3.02. The van der Waals surface area contributed by atoms with Crippen molar-refractivity contribution in [2.24, 2.45) is 0 Å². The maximum absolute atomic E-state index is 8.54. The molecule has 13 heavy (non-hydrogen) atoms. The Morgan fingerprint density at radius 2 is 2.23 bits per heavy atom. The van der Waals surface area contributed by atoms with Crippen LogP contribution in [0, 0.1) is 25.2 Å². The molecule has 1 rings (SSSR count). The van der Waals surface area contributed by atoms with Gasteiger partial charge < -0.3 is 0 Å². The van der Waals surface area contributed by atoms with Crippen LogP contribution in [0.15, 0.2) is 0 Å². The van der Waals surface area contributed by atoms with E-state index in [2.05, 4.69) is 11.2 Å². The third-order valence-electron chi connectivity index (χ3n) is 2.04. The summed E-state index contributed by atoms with van der Waals surface area (Å²) in [6.45, 7) is 5.74. The second kappa shape index (κ2) is 3.80. The van der Waals surface area contributed by atoms with Crippen molar-refractivity contribution < 1.29 is 0 Å². The summed E-state index contributed by atoms with van der Waals surface area (Å²) in [4.78, 5) is 0. The van der Waals surface area contributed by atoms with E-state index < -0.39 is 0 Å². The number of rotatable bonds is 2. The molecule has 0 radical (unpaired) electrons. The summed E-state index contributed by atoms with van der Waals surface area (Å²) in [7, 11) is 0. The fraction of sp³-hybridized carbons (Fsp3) is 0.556. The quantitative estimate of drug-likeness (QED) is 0.732. The number of aryl methyl sites for hydroxylation is 1. The molecule has 1 aromatic rings. The number of hydrogen-bond acceptors (Lipinski definition) is 2. The number of halogens is 1. The van der Waals surface area contributed by atoms with Crippen LogP contribution in [-0.4, -0.2) is 9.78 Å². The Kier molecular flexibility index (Phi) is 2.94. The van der Waals surface area contributed by atoms with Crippen LogP contribution >= 0.6 is 11.6 Å². The molecule has 0 aliphatic heterocycles. The Hall–Kier alpha value is -1.01. The number of nitriles is 1. The SMILES string of the molecule is Cc1nn([C@@H](C)CC#N)c(C)c1Cl. The van der Waals surface area contributed by atoms with E-state index in [0.29, 0.717) is 11.4 Å². The van der Waals surface area contributed by atoms with Crippen LogP contribution in [0.5, 0.6) is 0 Å². The third-order valence-corrected chi connectivity index (χ3v) is 2.59. The minimum absolute atomic E-state index is 0.0937. The summed E-state index contributed by atoms with van der Waals surface area (Å²) in [5.74, 6) is 0. The molecule has 0 aromatic carbocycles. The monoisotopic (exact) mass is 197 g/mol.